The highest BCUT2D eigenvalue weighted by Crippen LogP contribution is 2.10. The van der Waals surface area contributed by atoms with Gasteiger partial charge in [0, 0.05) is 6.42 Å². The molecule has 0 heterocycles. The fourth-order valence-electron chi connectivity index (χ4n) is 1.20. The molecule has 0 atom stereocenters. The van der Waals surface area contributed by atoms with Gasteiger partial charge in [0.15, 0.2) is 0 Å². The van der Waals surface area contributed by atoms with Crippen molar-refractivity contribution in [2.24, 2.45) is 5.10 Å². The van der Waals surface area contributed by atoms with Crippen LogP contribution in [0, 0.1) is 0 Å². The first-order valence-corrected chi connectivity index (χ1v) is 5.26. The second-order valence-electron chi connectivity index (χ2n) is 3.53. The van der Waals surface area contributed by atoms with Gasteiger partial charge in [0.2, 0.25) is 5.91 Å². The summed E-state index contributed by atoms with van der Waals surface area (Å²) in [5.74, 6) is 0.132. The maximum absolute atomic E-state index is 11.2. The summed E-state index contributed by atoms with van der Waals surface area (Å²) in [7, 11) is 0. The third-order valence-electron chi connectivity index (χ3n) is 2.11. The molecule has 0 saturated carbocycles. The molecule has 0 unspecified atom stereocenters. The van der Waals surface area contributed by atoms with Crippen LogP contribution in [0.2, 0.25) is 0 Å². The summed E-state index contributed by atoms with van der Waals surface area (Å²) in [6.07, 6.45) is 1.28. The van der Waals surface area contributed by atoms with Gasteiger partial charge in [-0.1, -0.05) is 6.92 Å². The first-order valence-electron chi connectivity index (χ1n) is 5.26. The summed E-state index contributed by atoms with van der Waals surface area (Å²) in [5.41, 5.74) is 4.07. The maximum atomic E-state index is 11.2. The minimum absolute atomic E-state index is 0.0828. The lowest BCUT2D eigenvalue weighted by atomic mass is 10.1. The fraction of sp³-hybridized carbons (Fsp3) is 0.333. The molecule has 0 spiro atoms. The number of phenols is 1. The molecular formula is C12H16N2O2. The molecule has 2 N–H and O–H groups in total. The third kappa shape index (κ3) is 3.73. The van der Waals surface area contributed by atoms with Crippen LogP contribution in [-0.2, 0) is 4.79 Å². The van der Waals surface area contributed by atoms with Gasteiger partial charge in [-0.25, -0.2) is 5.43 Å². The first kappa shape index (κ1) is 12.2. The van der Waals surface area contributed by atoms with Gasteiger partial charge in [-0.2, -0.15) is 5.10 Å². The van der Waals surface area contributed by atoms with Crippen molar-refractivity contribution in [2.75, 3.05) is 0 Å². The first-order chi connectivity index (χ1) is 7.63. The van der Waals surface area contributed by atoms with Gasteiger partial charge in [-0.15, -0.1) is 0 Å². The molecule has 1 aromatic rings. The second kappa shape index (κ2) is 5.90. The molecule has 0 radical (unpaired) electrons. The monoisotopic (exact) mass is 220 g/mol. The molecule has 0 aliphatic heterocycles. The van der Waals surface area contributed by atoms with Crippen molar-refractivity contribution in [3.63, 3.8) is 0 Å². The quantitative estimate of drug-likeness (QED) is 0.602. The van der Waals surface area contributed by atoms with E-state index in [1.165, 1.54) is 0 Å². The molecule has 0 bridgehead atoms. The van der Waals surface area contributed by atoms with E-state index in [4.69, 9.17) is 5.11 Å². The van der Waals surface area contributed by atoms with E-state index in [1.807, 2.05) is 6.92 Å². The van der Waals surface area contributed by atoms with Crippen molar-refractivity contribution in [3.05, 3.63) is 29.8 Å². The zero-order valence-corrected chi connectivity index (χ0v) is 9.53. The molecule has 1 amide bonds. The molecule has 16 heavy (non-hydrogen) atoms. The van der Waals surface area contributed by atoms with Crippen molar-refractivity contribution in [2.45, 2.75) is 26.7 Å². The predicted molar refractivity (Wildman–Crippen MR) is 63.4 cm³/mol. The Hall–Kier alpha value is -1.84. The molecule has 4 heteroatoms. The highest BCUT2D eigenvalue weighted by Gasteiger charge is 1.99. The molecule has 1 rings (SSSR count). The van der Waals surface area contributed by atoms with Crippen molar-refractivity contribution in [1.82, 2.24) is 5.43 Å². The summed E-state index contributed by atoms with van der Waals surface area (Å²) in [6, 6.07) is 6.67. The number of benzene rings is 1. The Labute approximate surface area is 95.0 Å². The largest absolute Gasteiger partial charge is 0.508 e. The van der Waals surface area contributed by atoms with E-state index in [9.17, 15) is 4.79 Å². The summed E-state index contributed by atoms with van der Waals surface area (Å²) in [6.45, 7) is 3.74. The molecule has 0 saturated heterocycles. The average Bonchev–Trinajstić information content (AvgIpc) is 2.27. The van der Waals surface area contributed by atoms with E-state index in [-0.39, 0.29) is 11.7 Å². The van der Waals surface area contributed by atoms with Gasteiger partial charge in [0.05, 0.1) is 5.71 Å². The number of carbonyl (C=O) groups is 1. The topological polar surface area (TPSA) is 61.7 Å². The van der Waals surface area contributed by atoms with Crippen molar-refractivity contribution in [3.8, 4) is 5.75 Å². The van der Waals surface area contributed by atoms with E-state index < -0.39 is 0 Å². The van der Waals surface area contributed by atoms with Crippen LogP contribution in [0.3, 0.4) is 0 Å². The number of phenolic OH excluding ortho intramolecular Hbond substituents is 1. The van der Waals surface area contributed by atoms with E-state index in [1.54, 1.807) is 31.2 Å². The fourth-order valence-corrected chi connectivity index (χ4v) is 1.20. The Morgan fingerprint density at radius 2 is 2.00 bits per heavy atom. The average molecular weight is 220 g/mol. The Kier molecular flexibility index (Phi) is 4.51. The highest BCUT2D eigenvalue weighted by atomic mass is 16.3. The zero-order valence-electron chi connectivity index (χ0n) is 9.53. The predicted octanol–water partition coefficient (Wildman–Crippen LogP) is 2.03. The van der Waals surface area contributed by atoms with Crippen LogP contribution in [0.25, 0.3) is 0 Å². The molecule has 0 fully saturated rings. The van der Waals surface area contributed by atoms with Crippen LogP contribution in [0.5, 0.6) is 5.75 Å². The minimum Gasteiger partial charge on any atom is -0.508 e. The Morgan fingerprint density at radius 3 is 2.56 bits per heavy atom. The van der Waals surface area contributed by atoms with E-state index >= 15 is 0 Å². The lowest BCUT2D eigenvalue weighted by molar-refractivity contribution is -0.121. The van der Waals surface area contributed by atoms with Crippen LogP contribution in [0.1, 0.15) is 32.3 Å². The number of hydrogen-bond acceptors (Lipinski definition) is 3. The molecule has 0 aliphatic rings. The SMILES string of the molecule is CCCC(=O)NN=C(C)c1ccc(O)cc1. The van der Waals surface area contributed by atoms with E-state index in [0.29, 0.717) is 12.1 Å². The van der Waals surface area contributed by atoms with Gasteiger partial charge in [0.1, 0.15) is 5.75 Å². The normalized spacial score (nSPS) is 11.2. The molecule has 4 nitrogen and oxygen atoms in total. The molecule has 0 aromatic heterocycles. The summed E-state index contributed by atoms with van der Waals surface area (Å²) < 4.78 is 0. The van der Waals surface area contributed by atoms with Crippen LogP contribution in [0.15, 0.2) is 29.4 Å². The van der Waals surface area contributed by atoms with Gasteiger partial charge in [-0.3, -0.25) is 4.79 Å². The summed E-state index contributed by atoms with van der Waals surface area (Å²) >= 11 is 0. The van der Waals surface area contributed by atoms with Gasteiger partial charge < -0.3 is 5.11 Å². The zero-order chi connectivity index (χ0) is 12.0. The van der Waals surface area contributed by atoms with E-state index in [0.717, 1.165) is 12.0 Å². The lowest BCUT2D eigenvalue weighted by Crippen LogP contribution is -2.18. The number of rotatable bonds is 4. The van der Waals surface area contributed by atoms with E-state index in [2.05, 4.69) is 10.5 Å². The minimum atomic E-state index is -0.0828. The van der Waals surface area contributed by atoms with Gasteiger partial charge >= 0.3 is 0 Å². The third-order valence-corrected chi connectivity index (χ3v) is 2.11. The van der Waals surface area contributed by atoms with Crippen molar-refractivity contribution in [1.29, 1.82) is 0 Å². The molecule has 0 aliphatic carbocycles. The number of nitrogens with one attached hydrogen (secondary N) is 1. The maximum Gasteiger partial charge on any atom is 0.240 e. The smallest absolute Gasteiger partial charge is 0.240 e. The Morgan fingerprint density at radius 1 is 1.38 bits per heavy atom. The Bertz CT molecular complexity index is 383. The number of amides is 1. The lowest BCUT2D eigenvalue weighted by Gasteiger charge is -2.02. The summed E-state index contributed by atoms with van der Waals surface area (Å²) in [4.78, 5) is 11.2. The van der Waals surface area contributed by atoms with Crippen LogP contribution in [0.4, 0.5) is 0 Å². The van der Waals surface area contributed by atoms with Gasteiger partial charge in [0.25, 0.3) is 0 Å². The molecule has 86 valence electrons. The number of nitrogens with zero attached hydrogens (tertiary/aromatic N) is 1. The number of carbonyl (C=O) groups excluding carboxylic acids is 1. The second-order valence-corrected chi connectivity index (χ2v) is 3.53. The standard InChI is InChI=1S/C12H16N2O2/c1-3-4-12(16)14-13-9(2)10-5-7-11(15)8-6-10/h5-8,15H,3-4H2,1-2H3,(H,14,16). The number of hydrogen-bond donors (Lipinski definition) is 2. The van der Waals surface area contributed by atoms with Gasteiger partial charge in [-0.05, 0) is 43.2 Å². The van der Waals surface area contributed by atoms with Crippen LogP contribution >= 0.6 is 0 Å². The molecular weight excluding hydrogens is 204 g/mol. The highest BCUT2D eigenvalue weighted by molar-refractivity contribution is 5.99. The number of aromatic hydroxyl groups is 1. The number of hydrazone groups is 1. The summed E-state index contributed by atoms with van der Waals surface area (Å²) in [5, 5.41) is 13.1. The Balaban J connectivity index is 2.63. The van der Waals surface area contributed by atoms with Crippen LogP contribution in [-0.4, -0.2) is 16.7 Å². The van der Waals surface area contributed by atoms with Crippen LogP contribution < -0.4 is 5.43 Å². The van der Waals surface area contributed by atoms with Crippen molar-refractivity contribution >= 4 is 11.6 Å². The van der Waals surface area contributed by atoms with Crippen molar-refractivity contribution < 1.29 is 9.90 Å². The molecule has 1 aromatic carbocycles.